The van der Waals surface area contributed by atoms with E-state index in [0.717, 1.165) is 22.6 Å². The molecule has 2 aromatic carbocycles. The second-order valence-corrected chi connectivity index (χ2v) is 7.97. The Morgan fingerprint density at radius 3 is 2.40 bits per heavy atom. The van der Waals surface area contributed by atoms with E-state index >= 15 is 0 Å². The van der Waals surface area contributed by atoms with E-state index in [1.54, 1.807) is 39.0 Å². The van der Waals surface area contributed by atoms with Gasteiger partial charge in [-0.3, -0.25) is 9.69 Å². The Balaban J connectivity index is 1.95. The van der Waals surface area contributed by atoms with E-state index in [-0.39, 0.29) is 11.3 Å². The summed E-state index contributed by atoms with van der Waals surface area (Å²) in [7, 11) is 0. The second-order valence-electron chi connectivity index (χ2n) is 7.97. The molecule has 0 bridgehead atoms. The van der Waals surface area contributed by atoms with Crippen LogP contribution in [0.15, 0.2) is 42.5 Å². The number of ether oxygens (including phenoxy) is 1. The normalized spacial score (nSPS) is 13.0. The number of anilines is 2. The number of fused-ring (bicyclic) bond motifs is 1. The Labute approximate surface area is 173 Å². The maximum atomic E-state index is 13.2. The SMILES string of the molecule is CC(C)(C)OC(=O)N1CCc2ccc(N(CC(=O)[O-])C(=O)c3ccc(F)cc3)cc21. The number of carboxylic acids is 1. The van der Waals surface area contributed by atoms with Crippen molar-refractivity contribution in [3.05, 3.63) is 59.4 Å². The third-order valence-corrected chi connectivity index (χ3v) is 4.51. The molecule has 158 valence electrons. The van der Waals surface area contributed by atoms with Gasteiger partial charge in [0.05, 0.1) is 18.2 Å². The first-order valence-electron chi connectivity index (χ1n) is 9.46. The molecular formula is C22H22FN2O5-. The van der Waals surface area contributed by atoms with Crippen molar-refractivity contribution in [3.8, 4) is 0 Å². The molecule has 8 heteroatoms. The van der Waals surface area contributed by atoms with Gasteiger partial charge < -0.3 is 19.5 Å². The minimum absolute atomic E-state index is 0.127. The highest BCUT2D eigenvalue weighted by atomic mass is 19.1. The zero-order valence-electron chi connectivity index (χ0n) is 17.0. The fourth-order valence-electron chi connectivity index (χ4n) is 3.20. The first-order chi connectivity index (χ1) is 14.0. The molecular weight excluding hydrogens is 391 g/mol. The number of carbonyl (C=O) groups excluding carboxylic acids is 3. The number of amides is 2. The van der Waals surface area contributed by atoms with Gasteiger partial charge in [0.15, 0.2) is 0 Å². The monoisotopic (exact) mass is 413 g/mol. The van der Waals surface area contributed by atoms with Crippen LogP contribution in [0.5, 0.6) is 0 Å². The lowest BCUT2D eigenvalue weighted by Gasteiger charge is -2.27. The first-order valence-corrected chi connectivity index (χ1v) is 9.46. The molecule has 0 unspecified atom stereocenters. The van der Waals surface area contributed by atoms with E-state index in [0.29, 0.717) is 18.7 Å². The van der Waals surface area contributed by atoms with Crippen molar-refractivity contribution in [1.82, 2.24) is 0 Å². The molecule has 30 heavy (non-hydrogen) atoms. The van der Waals surface area contributed by atoms with Crippen LogP contribution in [0, 0.1) is 5.82 Å². The lowest BCUT2D eigenvalue weighted by Crippen LogP contribution is -2.42. The molecule has 0 atom stereocenters. The minimum atomic E-state index is -1.45. The number of hydrogen-bond donors (Lipinski definition) is 0. The molecule has 0 aliphatic carbocycles. The van der Waals surface area contributed by atoms with Crippen molar-refractivity contribution >= 4 is 29.3 Å². The molecule has 0 fully saturated rings. The summed E-state index contributed by atoms with van der Waals surface area (Å²) >= 11 is 0. The lowest BCUT2D eigenvalue weighted by molar-refractivity contribution is -0.303. The summed E-state index contributed by atoms with van der Waals surface area (Å²) in [4.78, 5) is 39.2. The third-order valence-electron chi connectivity index (χ3n) is 4.51. The summed E-state index contributed by atoms with van der Waals surface area (Å²) in [6.45, 7) is 5.02. The van der Waals surface area contributed by atoms with E-state index in [1.807, 2.05) is 0 Å². The Bertz CT molecular complexity index is 982. The highest BCUT2D eigenvalue weighted by Gasteiger charge is 2.30. The zero-order valence-corrected chi connectivity index (χ0v) is 17.0. The number of carbonyl (C=O) groups is 3. The number of halogens is 1. The summed E-state index contributed by atoms with van der Waals surface area (Å²) in [5.74, 6) is -2.58. The van der Waals surface area contributed by atoms with Crippen LogP contribution in [0.25, 0.3) is 0 Å². The highest BCUT2D eigenvalue weighted by Crippen LogP contribution is 2.33. The van der Waals surface area contributed by atoms with E-state index in [1.165, 1.54) is 17.0 Å². The molecule has 0 N–H and O–H groups in total. The van der Waals surface area contributed by atoms with Crippen molar-refractivity contribution < 1.29 is 28.6 Å². The number of aliphatic carboxylic acids is 1. The first kappa shape index (κ1) is 21.3. The van der Waals surface area contributed by atoms with Gasteiger partial charge in [0.1, 0.15) is 11.4 Å². The van der Waals surface area contributed by atoms with E-state index < -0.39 is 35.9 Å². The van der Waals surface area contributed by atoms with Gasteiger partial charge in [-0.1, -0.05) is 6.07 Å². The van der Waals surface area contributed by atoms with Crippen LogP contribution >= 0.6 is 0 Å². The van der Waals surface area contributed by atoms with Crippen molar-refractivity contribution in [1.29, 1.82) is 0 Å². The summed E-state index contributed by atoms with van der Waals surface area (Å²) in [5.41, 5.74) is 1.17. The fourth-order valence-corrected chi connectivity index (χ4v) is 3.20. The molecule has 0 saturated carbocycles. The predicted octanol–water partition coefficient (Wildman–Crippen LogP) is 2.52. The third kappa shape index (κ3) is 4.76. The second kappa shape index (κ2) is 8.14. The number of hydrogen-bond acceptors (Lipinski definition) is 5. The van der Waals surface area contributed by atoms with Gasteiger partial charge in [0.25, 0.3) is 5.91 Å². The molecule has 3 rings (SSSR count). The highest BCUT2D eigenvalue weighted by molar-refractivity contribution is 6.08. The maximum Gasteiger partial charge on any atom is 0.414 e. The lowest BCUT2D eigenvalue weighted by atomic mass is 10.1. The van der Waals surface area contributed by atoms with Crippen LogP contribution in [0.3, 0.4) is 0 Å². The van der Waals surface area contributed by atoms with Gasteiger partial charge in [0, 0.05) is 17.8 Å². The molecule has 0 aromatic heterocycles. The van der Waals surface area contributed by atoms with Crippen LogP contribution < -0.4 is 14.9 Å². The van der Waals surface area contributed by atoms with Gasteiger partial charge in [-0.15, -0.1) is 0 Å². The Morgan fingerprint density at radius 1 is 1.13 bits per heavy atom. The van der Waals surface area contributed by atoms with Gasteiger partial charge in [-0.25, -0.2) is 9.18 Å². The standard InChI is InChI=1S/C22H23FN2O5/c1-22(2,3)30-21(29)24-11-10-14-6-9-17(12-18(14)24)25(13-19(26)27)20(28)15-4-7-16(23)8-5-15/h4-9,12H,10-11,13H2,1-3H3,(H,26,27)/p-1. The van der Waals surface area contributed by atoms with Crippen molar-refractivity contribution in [2.75, 3.05) is 22.9 Å². The zero-order chi connectivity index (χ0) is 22.1. The maximum absolute atomic E-state index is 13.2. The number of benzene rings is 2. The average Bonchev–Trinajstić information content (AvgIpc) is 3.08. The molecule has 1 aliphatic heterocycles. The van der Waals surface area contributed by atoms with Crippen LogP contribution in [0.4, 0.5) is 20.6 Å². The number of carboxylic acid groups (broad SMARTS) is 1. The van der Waals surface area contributed by atoms with Crippen LogP contribution in [-0.4, -0.2) is 36.7 Å². The van der Waals surface area contributed by atoms with Crippen molar-refractivity contribution in [2.24, 2.45) is 0 Å². The molecule has 0 saturated heterocycles. The van der Waals surface area contributed by atoms with E-state index in [4.69, 9.17) is 4.74 Å². The predicted molar refractivity (Wildman–Crippen MR) is 107 cm³/mol. The molecule has 2 aromatic rings. The molecule has 2 amide bonds. The Morgan fingerprint density at radius 2 is 1.80 bits per heavy atom. The summed E-state index contributed by atoms with van der Waals surface area (Å²) in [6.07, 6.45) is 0.0936. The van der Waals surface area contributed by atoms with Crippen molar-refractivity contribution in [3.63, 3.8) is 0 Å². The van der Waals surface area contributed by atoms with Gasteiger partial charge in [-0.2, -0.15) is 0 Å². The van der Waals surface area contributed by atoms with Gasteiger partial charge >= 0.3 is 6.09 Å². The van der Waals surface area contributed by atoms with Gasteiger partial charge in [-0.05, 0) is 69.2 Å². The summed E-state index contributed by atoms with van der Waals surface area (Å²) in [5, 5.41) is 11.3. The molecule has 7 nitrogen and oxygen atoms in total. The smallest absolute Gasteiger partial charge is 0.414 e. The van der Waals surface area contributed by atoms with E-state index in [9.17, 15) is 23.9 Å². The van der Waals surface area contributed by atoms with Crippen LogP contribution in [0.1, 0.15) is 36.7 Å². The van der Waals surface area contributed by atoms with Gasteiger partial charge in [0.2, 0.25) is 0 Å². The molecule has 0 spiro atoms. The van der Waals surface area contributed by atoms with Crippen molar-refractivity contribution in [2.45, 2.75) is 32.8 Å². The Hall–Kier alpha value is -3.42. The van der Waals surface area contributed by atoms with Crippen LogP contribution in [0.2, 0.25) is 0 Å². The van der Waals surface area contributed by atoms with Crippen LogP contribution in [-0.2, 0) is 16.0 Å². The number of nitrogens with zero attached hydrogens (tertiary/aromatic N) is 2. The molecule has 1 aliphatic rings. The topological polar surface area (TPSA) is 90.0 Å². The minimum Gasteiger partial charge on any atom is -0.548 e. The fraction of sp³-hybridized carbons (Fsp3) is 0.318. The average molecular weight is 413 g/mol. The van der Waals surface area contributed by atoms with E-state index in [2.05, 4.69) is 0 Å². The quantitative estimate of drug-likeness (QED) is 0.768. The molecule has 1 heterocycles. The number of rotatable bonds is 4. The molecule has 0 radical (unpaired) electrons. The summed E-state index contributed by atoms with van der Waals surface area (Å²) in [6, 6.07) is 9.74. The largest absolute Gasteiger partial charge is 0.548 e. The Kier molecular flexibility index (Phi) is 5.78. The summed E-state index contributed by atoms with van der Waals surface area (Å²) < 4.78 is 18.6.